The molecule has 0 aliphatic heterocycles. The van der Waals surface area contributed by atoms with Crippen LogP contribution in [-0.4, -0.2) is 41.0 Å². The molecule has 3 N–H and O–H groups in total. The lowest BCUT2D eigenvalue weighted by Gasteiger charge is -2.11. The molecule has 3 rings (SSSR count). The fraction of sp³-hybridized carbons (Fsp3) is 0.286. The number of nitrogens with one attached hydrogen (secondary N) is 3. The van der Waals surface area contributed by atoms with E-state index in [9.17, 15) is 8.60 Å². The average molecular weight is 528 g/mol. The summed E-state index contributed by atoms with van der Waals surface area (Å²) < 4.78 is 25.6. The second kappa shape index (κ2) is 11.9. The molecule has 8 heteroatoms. The maximum absolute atomic E-state index is 13.5. The molecule has 29 heavy (non-hydrogen) atoms. The van der Waals surface area contributed by atoms with Gasteiger partial charge in [0.1, 0.15) is 5.82 Å². The zero-order valence-electron chi connectivity index (χ0n) is 16.3. The second-order valence-electron chi connectivity index (χ2n) is 6.45. The maximum atomic E-state index is 13.5. The van der Waals surface area contributed by atoms with Gasteiger partial charge in [0.25, 0.3) is 0 Å². The van der Waals surface area contributed by atoms with Gasteiger partial charge in [0, 0.05) is 59.5 Å². The topological polar surface area (TPSA) is 69.3 Å². The Morgan fingerprint density at radius 3 is 2.66 bits per heavy atom. The average Bonchev–Trinajstić information content (AvgIpc) is 3.09. The second-order valence-corrected chi connectivity index (χ2v) is 8.03. The monoisotopic (exact) mass is 528 g/mol. The van der Waals surface area contributed by atoms with Crippen LogP contribution in [0, 0.1) is 5.82 Å². The molecule has 1 atom stereocenters. The van der Waals surface area contributed by atoms with Gasteiger partial charge < -0.3 is 15.6 Å². The molecule has 0 saturated carbocycles. The molecule has 1 heterocycles. The van der Waals surface area contributed by atoms with Crippen molar-refractivity contribution in [3.05, 3.63) is 71.7 Å². The van der Waals surface area contributed by atoms with Crippen LogP contribution in [0.4, 0.5) is 4.39 Å². The number of aromatic amines is 1. The van der Waals surface area contributed by atoms with Crippen molar-refractivity contribution < 1.29 is 8.60 Å². The smallest absolute Gasteiger partial charge is 0.191 e. The Morgan fingerprint density at radius 1 is 1.14 bits per heavy atom. The van der Waals surface area contributed by atoms with Crippen molar-refractivity contribution in [2.45, 2.75) is 12.2 Å². The molecule has 0 radical (unpaired) electrons. The molecule has 1 unspecified atom stereocenters. The number of H-pyrrole nitrogens is 1. The molecular weight excluding hydrogens is 502 g/mol. The van der Waals surface area contributed by atoms with E-state index >= 15 is 0 Å². The predicted octanol–water partition coefficient (Wildman–Crippen LogP) is 3.58. The van der Waals surface area contributed by atoms with Gasteiger partial charge in [-0.15, -0.1) is 24.0 Å². The standard InChI is InChI=1S/C21H25FN4OS.HI/c1-23-21(25-11-12-28(27)15-16-5-3-2-4-6-16)24-10-9-17-14-26-20-8-7-18(22)13-19(17)20;/h2-8,13-14,26H,9-12,15H2,1H3,(H2,23,24,25);1H. The van der Waals surface area contributed by atoms with Gasteiger partial charge in [-0.3, -0.25) is 9.20 Å². The maximum Gasteiger partial charge on any atom is 0.191 e. The van der Waals surface area contributed by atoms with E-state index in [4.69, 9.17) is 0 Å². The number of benzene rings is 2. The van der Waals surface area contributed by atoms with Crippen LogP contribution in [0.1, 0.15) is 11.1 Å². The fourth-order valence-corrected chi connectivity index (χ4v) is 4.05. The summed E-state index contributed by atoms with van der Waals surface area (Å²) in [4.78, 5) is 7.35. The first kappa shape index (κ1) is 23.3. The number of hydrogen-bond donors (Lipinski definition) is 3. The number of nitrogens with zero attached hydrogens (tertiary/aromatic N) is 1. The van der Waals surface area contributed by atoms with Gasteiger partial charge in [-0.25, -0.2) is 4.39 Å². The Morgan fingerprint density at radius 2 is 1.90 bits per heavy atom. The number of rotatable bonds is 8. The van der Waals surface area contributed by atoms with E-state index in [2.05, 4.69) is 20.6 Å². The summed E-state index contributed by atoms with van der Waals surface area (Å²) in [7, 11) is 0.783. The zero-order valence-corrected chi connectivity index (χ0v) is 19.4. The Kier molecular flexibility index (Phi) is 9.59. The molecule has 0 spiro atoms. The largest absolute Gasteiger partial charge is 0.361 e. The molecule has 0 aliphatic carbocycles. The van der Waals surface area contributed by atoms with Gasteiger partial charge in [0.05, 0.1) is 0 Å². The van der Waals surface area contributed by atoms with Crippen molar-refractivity contribution in [3.63, 3.8) is 0 Å². The van der Waals surface area contributed by atoms with Crippen molar-refractivity contribution in [2.75, 3.05) is 25.9 Å². The van der Waals surface area contributed by atoms with Crippen molar-refractivity contribution in [3.8, 4) is 0 Å². The molecule has 156 valence electrons. The van der Waals surface area contributed by atoms with E-state index in [1.54, 1.807) is 19.2 Å². The first-order chi connectivity index (χ1) is 13.7. The molecule has 2 aromatic carbocycles. The molecule has 5 nitrogen and oxygen atoms in total. The zero-order chi connectivity index (χ0) is 19.8. The number of aliphatic imine (C=N–C) groups is 1. The minimum Gasteiger partial charge on any atom is -0.361 e. The molecule has 0 saturated heterocycles. The lowest BCUT2D eigenvalue weighted by Crippen LogP contribution is -2.40. The summed E-state index contributed by atoms with van der Waals surface area (Å²) in [5.74, 6) is 1.55. The van der Waals surface area contributed by atoms with Crippen LogP contribution in [0.3, 0.4) is 0 Å². The van der Waals surface area contributed by atoms with Gasteiger partial charge in [0.2, 0.25) is 0 Å². The summed E-state index contributed by atoms with van der Waals surface area (Å²) >= 11 is 0. The highest BCUT2D eigenvalue weighted by Gasteiger charge is 2.06. The Hall–Kier alpha value is -1.94. The van der Waals surface area contributed by atoms with Crippen molar-refractivity contribution in [1.29, 1.82) is 0 Å². The quantitative estimate of drug-likeness (QED) is 0.238. The molecule has 1 aromatic heterocycles. The summed E-state index contributed by atoms with van der Waals surface area (Å²) in [5, 5.41) is 7.34. The van der Waals surface area contributed by atoms with Gasteiger partial charge in [-0.2, -0.15) is 0 Å². The Bertz CT molecular complexity index is 962. The van der Waals surface area contributed by atoms with Crippen molar-refractivity contribution >= 4 is 51.6 Å². The van der Waals surface area contributed by atoms with Crippen LogP contribution >= 0.6 is 24.0 Å². The number of guanidine groups is 1. The Balaban J connectivity index is 0.00000300. The summed E-state index contributed by atoms with van der Waals surface area (Å²) in [6.45, 7) is 1.24. The summed E-state index contributed by atoms with van der Waals surface area (Å²) in [6, 6.07) is 14.6. The lowest BCUT2D eigenvalue weighted by atomic mass is 10.1. The van der Waals surface area contributed by atoms with Crippen LogP contribution in [-0.2, 0) is 23.0 Å². The van der Waals surface area contributed by atoms with Crippen LogP contribution in [0.5, 0.6) is 0 Å². The van der Waals surface area contributed by atoms with E-state index in [1.165, 1.54) is 6.07 Å². The van der Waals surface area contributed by atoms with Crippen LogP contribution in [0.2, 0.25) is 0 Å². The third kappa shape index (κ3) is 7.11. The number of halogens is 2. The third-order valence-electron chi connectivity index (χ3n) is 4.43. The normalized spacial score (nSPS) is 12.4. The number of aromatic nitrogens is 1. The SMILES string of the molecule is CN=C(NCCc1c[nH]c2ccc(F)cc12)NCCS(=O)Cc1ccccc1.I. The molecule has 3 aromatic rings. The van der Waals surface area contributed by atoms with E-state index in [-0.39, 0.29) is 29.8 Å². The van der Waals surface area contributed by atoms with Gasteiger partial charge in [-0.1, -0.05) is 30.3 Å². The first-order valence-corrected chi connectivity index (χ1v) is 10.7. The molecular formula is C21H26FIN4OS. The van der Waals surface area contributed by atoms with Crippen molar-refractivity contribution in [2.24, 2.45) is 4.99 Å². The van der Waals surface area contributed by atoms with Crippen LogP contribution < -0.4 is 10.6 Å². The van der Waals surface area contributed by atoms with Crippen molar-refractivity contribution in [1.82, 2.24) is 15.6 Å². The lowest BCUT2D eigenvalue weighted by molar-refractivity contribution is 0.629. The molecule has 0 bridgehead atoms. The van der Waals surface area contributed by atoms with Gasteiger partial charge in [0.15, 0.2) is 5.96 Å². The third-order valence-corrected chi connectivity index (χ3v) is 5.75. The fourth-order valence-electron chi connectivity index (χ4n) is 3.01. The van der Waals surface area contributed by atoms with Crippen LogP contribution in [0.15, 0.2) is 59.7 Å². The van der Waals surface area contributed by atoms with E-state index in [0.717, 1.165) is 28.5 Å². The molecule has 0 fully saturated rings. The van der Waals surface area contributed by atoms with E-state index in [0.29, 0.717) is 30.6 Å². The van der Waals surface area contributed by atoms with E-state index in [1.807, 2.05) is 36.5 Å². The van der Waals surface area contributed by atoms with Crippen LogP contribution in [0.25, 0.3) is 10.9 Å². The van der Waals surface area contributed by atoms with Gasteiger partial charge >= 0.3 is 0 Å². The van der Waals surface area contributed by atoms with E-state index < -0.39 is 10.8 Å². The predicted molar refractivity (Wildman–Crippen MR) is 130 cm³/mol. The summed E-state index contributed by atoms with van der Waals surface area (Å²) in [5.41, 5.74) is 3.07. The highest BCUT2D eigenvalue weighted by atomic mass is 127. The minimum atomic E-state index is -0.922. The Labute approximate surface area is 190 Å². The molecule has 0 amide bonds. The number of fused-ring (bicyclic) bond motifs is 1. The van der Waals surface area contributed by atoms with Gasteiger partial charge in [-0.05, 0) is 35.7 Å². The highest BCUT2D eigenvalue weighted by molar-refractivity contribution is 14.0. The minimum absolute atomic E-state index is 0. The highest BCUT2D eigenvalue weighted by Crippen LogP contribution is 2.19. The first-order valence-electron chi connectivity index (χ1n) is 9.24. The summed E-state index contributed by atoms with van der Waals surface area (Å²) in [6.07, 6.45) is 2.65. The number of hydrogen-bond acceptors (Lipinski definition) is 2. The molecule has 0 aliphatic rings.